The summed E-state index contributed by atoms with van der Waals surface area (Å²) >= 11 is 0. The summed E-state index contributed by atoms with van der Waals surface area (Å²) in [5, 5.41) is 24.8. The third kappa shape index (κ3) is 6.13. The van der Waals surface area contributed by atoms with Gasteiger partial charge >= 0.3 is 0 Å². The second-order valence-electron chi connectivity index (χ2n) is 10.9. The van der Waals surface area contributed by atoms with Crippen molar-refractivity contribution in [2.24, 2.45) is 11.3 Å². The molecule has 1 amide bonds. The number of carbonyl (C=O) groups is 1. The lowest BCUT2D eigenvalue weighted by atomic mass is 9.66. The van der Waals surface area contributed by atoms with Gasteiger partial charge in [-0.15, -0.1) is 0 Å². The van der Waals surface area contributed by atoms with Gasteiger partial charge in [-0.25, -0.2) is 0 Å². The highest BCUT2D eigenvalue weighted by atomic mass is 16.7. The quantitative estimate of drug-likeness (QED) is 0.278. The lowest BCUT2D eigenvalue weighted by Crippen LogP contribution is -2.65. The molecule has 0 aromatic heterocycles. The zero-order valence-corrected chi connectivity index (χ0v) is 23.3. The molecule has 2 heterocycles. The molecule has 210 valence electrons. The number of hydrogen-bond donors (Lipinski definition) is 3. The van der Waals surface area contributed by atoms with Crippen molar-refractivity contribution in [2.45, 2.75) is 102 Å². The van der Waals surface area contributed by atoms with Crippen molar-refractivity contribution in [1.82, 2.24) is 5.32 Å². The van der Waals surface area contributed by atoms with Crippen LogP contribution in [0.25, 0.3) is 0 Å². The normalized spacial score (nSPS) is 37.2. The average Bonchev–Trinajstić information content (AvgIpc) is 2.83. The van der Waals surface area contributed by atoms with Crippen LogP contribution in [-0.4, -0.2) is 99.3 Å². The minimum atomic E-state index is -1.65. The molecule has 0 bridgehead atoms. The molecule has 0 aromatic carbocycles. The standard InChI is InChI=1S/C26H47NO9/c1-15-12-26(34-10,35-17(3)16(15)2)21(29)22(30)27-23(33-9)19-11-20(28)24(4,5)25(6,36-19)13-18(32-8)14-31-7/h16-21,23,28-29H,1,11-14H2,2-10H3,(H,27,30)/t16?,17?,18?,19-,20+,21?,23?,25?,26?/m0/s1. The summed E-state index contributed by atoms with van der Waals surface area (Å²) in [5.74, 6) is -2.25. The van der Waals surface area contributed by atoms with E-state index in [4.69, 9.17) is 28.4 Å². The smallest absolute Gasteiger partial charge is 0.256 e. The highest BCUT2D eigenvalue weighted by Gasteiger charge is 2.55. The molecule has 2 rings (SSSR count). The highest BCUT2D eigenvalue weighted by Crippen LogP contribution is 2.47. The predicted octanol–water partition coefficient (Wildman–Crippen LogP) is 1.77. The zero-order chi connectivity index (χ0) is 27.5. The molecule has 36 heavy (non-hydrogen) atoms. The van der Waals surface area contributed by atoms with E-state index >= 15 is 0 Å². The molecule has 9 atom stereocenters. The molecule has 0 aromatic rings. The Bertz CT molecular complexity index is 762. The van der Waals surface area contributed by atoms with Crippen LogP contribution in [0.4, 0.5) is 0 Å². The van der Waals surface area contributed by atoms with Gasteiger partial charge in [0.15, 0.2) is 12.3 Å². The number of hydrogen-bond acceptors (Lipinski definition) is 9. The predicted molar refractivity (Wildman–Crippen MR) is 133 cm³/mol. The molecule has 0 aliphatic carbocycles. The Hall–Kier alpha value is -1.11. The van der Waals surface area contributed by atoms with Gasteiger partial charge in [-0.1, -0.05) is 32.9 Å². The molecule has 10 heteroatoms. The van der Waals surface area contributed by atoms with E-state index in [0.717, 1.165) is 5.57 Å². The van der Waals surface area contributed by atoms with Crippen LogP contribution in [0.3, 0.4) is 0 Å². The summed E-state index contributed by atoms with van der Waals surface area (Å²) in [6.07, 6.45) is -3.76. The van der Waals surface area contributed by atoms with Gasteiger partial charge in [0.1, 0.15) is 6.10 Å². The molecule has 2 fully saturated rings. The molecular formula is C26H47NO9. The van der Waals surface area contributed by atoms with Crippen molar-refractivity contribution >= 4 is 5.91 Å². The van der Waals surface area contributed by atoms with Gasteiger partial charge in [0.05, 0.1) is 30.5 Å². The fourth-order valence-electron chi connectivity index (χ4n) is 5.11. The number of aliphatic hydroxyl groups excluding tert-OH is 2. The maximum absolute atomic E-state index is 13.2. The zero-order valence-electron chi connectivity index (χ0n) is 23.3. The maximum Gasteiger partial charge on any atom is 0.256 e. The van der Waals surface area contributed by atoms with Crippen LogP contribution in [0, 0.1) is 11.3 Å². The Labute approximate surface area is 215 Å². The largest absolute Gasteiger partial charge is 0.392 e. The van der Waals surface area contributed by atoms with E-state index in [-0.39, 0.29) is 31.0 Å². The number of amides is 1. The first-order valence-electron chi connectivity index (χ1n) is 12.5. The van der Waals surface area contributed by atoms with Crippen LogP contribution >= 0.6 is 0 Å². The maximum atomic E-state index is 13.2. The van der Waals surface area contributed by atoms with E-state index in [1.165, 1.54) is 14.2 Å². The molecule has 0 saturated carbocycles. The van der Waals surface area contributed by atoms with E-state index < -0.39 is 47.3 Å². The Morgan fingerprint density at radius 3 is 2.31 bits per heavy atom. The van der Waals surface area contributed by atoms with Crippen molar-refractivity contribution in [1.29, 1.82) is 0 Å². The number of carbonyl (C=O) groups excluding carboxylic acids is 1. The van der Waals surface area contributed by atoms with Crippen LogP contribution in [-0.2, 0) is 33.2 Å². The lowest BCUT2D eigenvalue weighted by molar-refractivity contribution is -0.298. The minimum Gasteiger partial charge on any atom is -0.392 e. The first kappa shape index (κ1) is 31.1. The Kier molecular flexibility index (Phi) is 10.5. The fraction of sp³-hybridized carbons (Fsp3) is 0.885. The molecule has 0 radical (unpaired) electrons. The van der Waals surface area contributed by atoms with Gasteiger partial charge in [0.25, 0.3) is 5.91 Å². The van der Waals surface area contributed by atoms with Gasteiger partial charge in [-0.3, -0.25) is 4.79 Å². The average molecular weight is 518 g/mol. The second kappa shape index (κ2) is 12.2. The van der Waals surface area contributed by atoms with Crippen molar-refractivity contribution in [3.63, 3.8) is 0 Å². The summed E-state index contributed by atoms with van der Waals surface area (Å²) in [4.78, 5) is 13.2. The summed E-state index contributed by atoms with van der Waals surface area (Å²) in [6, 6.07) is 0. The minimum absolute atomic E-state index is 0.0578. The third-order valence-corrected chi connectivity index (χ3v) is 8.46. The third-order valence-electron chi connectivity index (χ3n) is 8.46. The topological polar surface area (TPSA) is 125 Å². The summed E-state index contributed by atoms with van der Waals surface area (Å²) in [5.41, 5.74) is -0.636. The number of aliphatic hydroxyl groups is 2. The highest BCUT2D eigenvalue weighted by molar-refractivity contribution is 5.82. The van der Waals surface area contributed by atoms with E-state index in [9.17, 15) is 15.0 Å². The van der Waals surface area contributed by atoms with E-state index in [2.05, 4.69) is 11.9 Å². The van der Waals surface area contributed by atoms with Crippen LogP contribution in [0.15, 0.2) is 12.2 Å². The van der Waals surface area contributed by atoms with Gasteiger partial charge in [-0.05, 0) is 13.8 Å². The van der Waals surface area contributed by atoms with E-state index in [0.29, 0.717) is 13.0 Å². The molecular weight excluding hydrogens is 470 g/mol. The molecule has 0 spiro atoms. The van der Waals surface area contributed by atoms with Crippen LogP contribution < -0.4 is 5.32 Å². The van der Waals surface area contributed by atoms with Crippen LogP contribution in [0.2, 0.25) is 0 Å². The fourth-order valence-corrected chi connectivity index (χ4v) is 5.11. The first-order valence-corrected chi connectivity index (χ1v) is 12.5. The van der Waals surface area contributed by atoms with Crippen molar-refractivity contribution in [3.05, 3.63) is 12.2 Å². The SMILES string of the molecule is C=C1CC(OC)(C(O)C(=O)NC(OC)[C@@H]2C[C@@H](O)C(C)(C)C(C)(CC(COC)OC)O2)OC(C)C1C. The van der Waals surface area contributed by atoms with Crippen LogP contribution in [0.1, 0.15) is 53.9 Å². The number of nitrogens with one attached hydrogen (secondary N) is 1. The first-order chi connectivity index (χ1) is 16.7. The summed E-state index contributed by atoms with van der Waals surface area (Å²) < 4.78 is 34.4. The number of rotatable bonds is 11. The molecule has 7 unspecified atom stereocenters. The van der Waals surface area contributed by atoms with Crippen LogP contribution in [0.5, 0.6) is 0 Å². The van der Waals surface area contributed by atoms with Gasteiger partial charge in [0, 0.05) is 59.0 Å². The van der Waals surface area contributed by atoms with Gasteiger partial charge < -0.3 is 44.0 Å². The Balaban J connectivity index is 2.22. The molecule has 2 aliphatic heterocycles. The molecule has 10 nitrogen and oxygen atoms in total. The summed E-state index contributed by atoms with van der Waals surface area (Å²) in [6.45, 7) is 14.1. The molecule has 3 N–H and O–H groups in total. The lowest BCUT2D eigenvalue weighted by Gasteiger charge is -2.55. The molecule has 2 aliphatic rings. The Morgan fingerprint density at radius 2 is 1.81 bits per heavy atom. The summed E-state index contributed by atoms with van der Waals surface area (Å²) in [7, 11) is 6.02. The van der Waals surface area contributed by atoms with E-state index in [1.54, 1.807) is 14.2 Å². The van der Waals surface area contributed by atoms with Crippen molar-refractivity contribution in [2.75, 3.05) is 35.0 Å². The van der Waals surface area contributed by atoms with Gasteiger partial charge in [-0.2, -0.15) is 0 Å². The number of methoxy groups -OCH3 is 4. The van der Waals surface area contributed by atoms with Gasteiger partial charge in [0.2, 0.25) is 5.79 Å². The van der Waals surface area contributed by atoms with E-state index in [1.807, 2.05) is 34.6 Å². The Morgan fingerprint density at radius 1 is 1.17 bits per heavy atom. The van der Waals surface area contributed by atoms with Crippen molar-refractivity contribution in [3.8, 4) is 0 Å². The van der Waals surface area contributed by atoms with Crippen molar-refractivity contribution < 1.29 is 43.4 Å². The molecule has 2 saturated heterocycles. The second-order valence-corrected chi connectivity index (χ2v) is 10.9. The number of ether oxygens (including phenoxy) is 6. The monoisotopic (exact) mass is 517 g/mol.